The van der Waals surface area contributed by atoms with Gasteiger partial charge in [-0.1, -0.05) is 11.8 Å². The molecule has 0 fully saturated rings. The third kappa shape index (κ3) is 3.67. The molecule has 0 saturated carbocycles. The average molecular weight is 300 g/mol. The van der Waals surface area contributed by atoms with E-state index in [9.17, 15) is 9.18 Å². The molecule has 1 amide bonds. The standard InChI is InChI=1S/C15H9FN2O2S/c16-13-5-3-11(8-10(13)9-17)18-15(20)14-6-4-12(21-14)2-1-7-19/h3-6,8,19H,7H2,(H,18,20). The second kappa shape index (κ2) is 6.67. The lowest BCUT2D eigenvalue weighted by molar-refractivity contribution is 0.103. The van der Waals surface area contributed by atoms with Gasteiger partial charge in [0.15, 0.2) is 0 Å². The second-order valence-corrected chi connectivity index (χ2v) is 4.97. The zero-order valence-corrected chi connectivity index (χ0v) is 11.5. The van der Waals surface area contributed by atoms with E-state index in [0.29, 0.717) is 15.4 Å². The monoisotopic (exact) mass is 300 g/mol. The lowest BCUT2D eigenvalue weighted by atomic mass is 10.2. The Morgan fingerprint density at radius 1 is 1.38 bits per heavy atom. The molecule has 2 N–H and O–H groups in total. The Bertz CT molecular complexity index is 781. The molecule has 0 unspecified atom stereocenters. The first-order chi connectivity index (χ1) is 10.1. The highest BCUT2D eigenvalue weighted by molar-refractivity contribution is 7.14. The van der Waals surface area contributed by atoms with Crippen molar-refractivity contribution < 1.29 is 14.3 Å². The molecule has 0 aliphatic rings. The van der Waals surface area contributed by atoms with Gasteiger partial charge >= 0.3 is 0 Å². The fourth-order valence-corrected chi connectivity index (χ4v) is 2.31. The number of anilines is 1. The molecule has 1 heterocycles. The van der Waals surface area contributed by atoms with E-state index in [-0.39, 0.29) is 18.1 Å². The van der Waals surface area contributed by atoms with Crippen LogP contribution in [0.15, 0.2) is 30.3 Å². The Kier molecular flexibility index (Phi) is 4.68. The van der Waals surface area contributed by atoms with E-state index >= 15 is 0 Å². The molecule has 0 saturated heterocycles. The van der Waals surface area contributed by atoms with Gasteiger partial charge in [0.25, 0.3) is 5.91 Å². The lowest BCUT2D eigenvalue weighted by Gasteiger charge is -2.04. The van der Waals surface area contributed by atoms with E-state index < -0.39 is 5.82 Å². The van der Waals surface area contributed by atoms with Crippen molar-refractivity contribution in [1.29, 1.82) is 5.26 Å². The average Bonchev–Trinajstić information content (AvgIpc) is 2.96. The number of thiophene rings is 1. The van der Waals surface area contributed by atoms with E-state index in [0.717, 1.165) is 6.07 Å². The van der Waals surface area contributed by atoms with Gasteiger partial charge in [0.05, 0.1) is 15.3 Å². The van der Waals surface area contributed by atoms with E-state index in [1.807, 2.05) is 0 Å². The minimum Gasteiger partial charge on any atom is -0.384 e. The van der Waals surface area contributed by atoms with Crippen LogP contribution in [0.2, 0.25) is 0 Å². The number of aliphatic hydroxyl groups excluding tert-OH is 1. The molecule has 0 atom stereocenters. The molecule has 2 aromatic rings. The minimum absolute atomic E-state index is 0.131. The summed E-state index contributed by atoms with van der Waals surface area (Å²) in [6, 6.07) is 8.77. The van der Waals surface area contributed by atoms with Crippen molar-refractivity contribution in [3.05, 3.63) is 51.5 Å². The molecule has 1 aromatic carbocycles. The number of hydrogen-bond donors (Lipinski definition) is 2. The first-order valence-electron chi connectivity index (χ1n) is 5.84. The van der Waals surface area contributed by atoms with Gasteiger partial charge in [0.2, 0.25) is 0 Å². The highest BCUT2D eigenvalue weighted by Gasteiger charge is 2.10. The number of nitriles is 1. The van der Waals surface area contributed by atoms with Gasteiger partial charge in [0.1, 0.15) is 18.5 Å². The fraction of sp³-hybridized carbons (Fsp3) is 0.0667. The lowest BCUT2D eigenvalue weighted by Crippen LogP contribution is -2.10. The number of nitrogens with one attached hydrogen (secondary N) is 1. The third-order valence-electron chi connectivity index (χ3n) is 2.47. The van der Waals surface area contributed by atoms with Crippen molar-refractivity contribution in [3.8, 4) is 17.9 Å². The number of carbonyl (C=O) groups excluding carboxylic acids is 1. The Hall–Kier alpha value is -2.67. The molecule has 0 aliphatic heterocycles. The molecule has 0 aliphatic carbocycles. The number of benzene rings is 1. The van der Waals surface area contributed by atoms with E-state index in [1.54, 1.807) is 18.2 Å². The number of halogens is 1. The van der Waals surface area contributed by atoms with Crippen molar-refractivity contribution in [2.24, 2.45) is 0 Å². The van der Waals surface area contributed by atoms with Crippen LogP contribution in [0.4, 0.5) is 10.1 Å². The first-order valence-corrected chi connectivity index (χ1v) is 6.66. The van der Waals surface area contributed by atoms with Crippen LogP contribution in [0, 0.1) is 29.0 Å². The molecule has 1 aromatic heterocycles. The molecule has 0 bridgehead atoms. The number of amides is 1. The number of hydrogen-bond acceptors (Lipinski definition) is 4. The molecule has 104 valence electrons. The number of nitrogens with zero attached hydrogens (tertiary/aromatic N) is 1. The van der Waals surface area contributed by atoms with Crippen LogP contribution in [-0.4, -0.2) is 17.6 Å². The van der Waals surface area contributed by atoms with Crippen LogP contribution < -0.4 is 5.32 Å². The quantitative estimate of drug-likeness (QED) is 0.836. The molecule has 6 heteroatoms. The minimum atomic E-state index is -0.631. The number of carbonyl (C=O) groups is 1. The van der Waals surface area contributed by atoms with Crippen LogP contribution in [0.3, 0.4) is 0 Å². The number of aliphatic hydroxyl groups is 1. The topological polar surface area (TPSA) is 73.1 Å². The summed E-state index contributed by atoms with van der Waals surface area (Å²) >= 11 is 1.18. The SMILES string of the molecule is N#Cc1cc(NC(=O)c2ccc(C#CCO)s2)ccc1F. The first kappa shape index (κ1) is 14.7. The Morgan fingerprint density at radius 3 is 2.90 bits per heavy atom. The van der Waals surface area contributed by atoms with Gasteiger partial charge in [-0.25, -0.2) is 4.39 Å². The van der Waals surface area contributed by atoms with Crippen molar-refractivity contribution in [3.63, 3.8) is 0 Å². The van der Waals surface area contributed by atoms with Crippen molar-refractivity contribution in [2.45, 2.75) is 0 Å². The molecule has 21 heavy (non-hydrogen) atoms. The van der Waals surface area contributed by atoms with Gasteiger partial charge < -0.3 is 10.4 Å². The maximum atomic E-state index is 13.2. The van der Waals surface area contributed by atoms with Crippen molar-refractivity contribution in [2.75, 3.05) is 11.9 Å². The zero-order chi connectivity index (χ0) is 15.2. The van der Waals surface area contributed by atoms with E-state index in [1.165, 1.54) is 23.5 Å². The van der Waals surface area contributed by atoms with Gasteiger partial charge in [-0.2, -0.15) is 5.26 Å². The molecule has 0 radical (unpaired) electrons. The number of rotatable bonds is 2. The Morgan fingerprint density at radius 2 is 2.19 bits per heavy atom. The summed E-state index contributed by atoms with van der Waals surface area (Å²) in [5.74, 6) is 4.20. The molecule has 2 rings (SSSR count). The van der Waals surface area contributed by atoms with Crippen molar-refractivity contribution >= 4 is 22.9 Å². The summed E-state index contributed by atoms with van der Waals surface area (Å²) in [5.41, 5.74) is 0.211. The predicted molar refractivity (Wildman–Crippen MR) is 77.4 cm³/mol. The van der Waals surface area contributed by atoms with Crippen LogP contribution in [0.25, 0.3) is 0 Å². The normalized spacial score (nSPS) is 9.38. The zero-order valence-electron chi connectivity index (χ0n) is 10.7. The predicted octanol–water partition coefficient (Wildman–Crippen LogP) is 2.35. The van der Waals surface area contributed by atoms with Crippen LogP contribution in [-0.2, 0) is 0 Å². The largest absolute Gasteiger partial charge is 0.384 e. The highest BCUT2D eigenvalue weighted by Crippen LogP contribution is 2.19. The van der Waals surface area contributed by atoms with Crippen LogP contribution in [0.1, 0.15) is 20.1 Å². The summed E-state index contributed by atoms with van der Waals surface area (Å²) in [7, 11) is 0. The van der Waals surface area contributed by atoms with Gasteiger partial charge in [-0.3, -0.25) is 4.79 Å². The highest BCUT2D eigenvalue weighted by atomic mass is 32.1. The third-order valence-corrected chi connectivity index (χ3v) is 3.46. The van der Waals surface area contributed by atoms with E-state index in [2.05, 4.69) is 17.2 Å². The Balaban J connectivity index is 2.15. The van der Waals surface area contributed by atoms with Crippen molar-refractivity contribution in [1.82, 2.24) is 0 Å². The molecule has 0 spiro atoms. The second-order valence-electron chi connectivity index (χ2n) is 3.88. The summed E-state index contributed by atoms with van der Waals surface area (Å²) < 4.78 is 13.2. The van der Waals surface area contributed by atoms with Crippen LogP contribution in [0.5, 0.6) is 0 Å². The summed E-state index contributed by atoms with van der Waals surface area (Å²) in [4.78, 5) is 13.1. The molecular formula is C15H9FN2O2S. The maximum Gasteiger partial charge on any atom is 0.265 e. The maximum absolute atomic E-state index is 13.2. The fourth-order valence-electron chi connectivity index (χ4n) is 1.54. The Labute approximate surface area is 124 Å². The summed E-state index contributed by atoms with van der Waals surface area (Å²) in [6.07, 6.45) is 0. The molecule has 4 nitrogen and oxygen atoms in total. The smallest absolute Gasteiger partial charge is 0.265 e. The van der Waals surface area contributed by atoms with Gasteiger partial charge in [-0.15, -0.1) is 11.3 Å². The van der Waals surface area contributed by atoms with Gasteiger partial charge in [-0.05, 0) is 30.3 Å². The van der Waals surface area contributed by atoms with E-state index in [4.69, 9.17) is 10.4 Å². The van der Waals surface area contributed by atoms with Crippen LogP contribution >= 0.6 is 11.3 Å². The summed E-state index contributed by atoms with van der Waals surface area (Å²) in [5, 5.41) is 19.9. The molecular weight excluding hydrogens is 291 g/mol. The van der Waals surface area contributed by atoms with Gasteiger partial charge in [0, 0.05) is 5.69 Å². The summed E-state index contributed by atoms with van der Waals surface area (Å²) in [6.45, 7) is -0.244.